The summed E-state index contributed by atoms with van der Waals surface area (Å²) in [7, 11) is -3.43. The average Bonchev–Trinajstić information content (AvgIpc) is 3.28. The van der Waals surface area contributed by atoms with E-state index in [0.29, 0.717) is 30.5 Å². The number of fused-ring (bicyclic) bond motifs is 5. The monoisotopic (exact) mass is 534 g/mol. The fourth-order valence-corrected chi connectivity index (χ4v) is 11.9. The molecule has 4 saturated carbocycles. The van der Waals surface area contributed by atoms with E-state index in [-0.39, 0.29) is 23.4 Å². The molecule has 1 aliphatic heterocycles. The lowest BCUT2D eigenvalue weighted by Crippen LogP contribution is -2.68. The summed E-state index contributed by atoms with van der Waals surface area (Å²) in [6.07, 6.45) is 10.6. The lowest BCUT2D eigenvalue weighted by atomic mass is 9.42. The Kier molecular flexibility index (Phi) is 6.60. The van der Waals surface area contributed by atoms with E-state index in [1.807, 2.05) is 0 Å². The Morgan fingerprint density at radius 2 is 1.61 bits per heavy atom. The smallest absolute Gasteiger partial charge is 0.331 e. The van der Waals surface area contributed by atoms with Crippen LogP contribution in [0.4, 0.5) is 0 Å². The van der Waals surface area contributed by atoms with Gasteiger partial charge in [0.15, 0.2) is 16.6 Å². The van der Waals surface area contributed by atoms with Crippen LogP contribution in [0.2, 0.25) is 39.3 Å². The number of hydrogen-bond acceptors (Lipinski definition) is 5. The van der Waals surface area contributed by atoms with Crippen molar-refractivity contribution < 1.29 is 23.5 Å². The van der Waals surface area contributed by atoms with Crippen molar-refractivity contribution in [3.63, 3.8) is 0 Å². The molecule has 0 aromatic heterocycles. The van der Waals surface area contributed by atoms with Crippen molar-refractivity contribution in [3.8, 4) is 0 Å². The number of hydrogen-bond donors (Lipinski definition) is 1. The third-order valence-electron chi connectivity index (χ3n) is 11.0. The van der Waals surface area contributed by atoms with Gasteiger partial charge in [-0.05, 0) is 125 Å². The summed E-state index contributed by atoms with van der Waals surface area (Å²) in [6.45, 7) is 19.0. The number of carbonyl (C=O) groups is 1. The summed E-state index contributed by atoms with van der Waals surface area (Å²) in [5.41, 5.74) is 0.140. The molecule has 0 aromatic carbocycles. The zero-order valence-electron chi connectivity index (χ0n) is 24.0. The maximum Gasteiger partial charge on any atom is 0.331 e. The molecule has 9 unspecified atom stereocenters. The summed E-state index contributed by atoms with van der Waals surface area (Å²) in [6, 6.07) is 0. The quantitative estimate of drug-likeness (QED) is 0.331. The van der Waals surface area contributed by atoms with Gasteiger partial charge in [-0.2, -0.15) is 0 Å². The van der Waals surface area contributed by atoms with Gasteiger partial charge in [0.2, 0.25) is 0 Å². The van der Waals surface area contributed by atoms with Gasteiger partial charge in [-0.15, -0.1) is 0 Å². The molecule has 5 nitrogen and oxygen atoms in total. The van der Waals surface area contributed by atoms with Gasteiger partial charge in [0, 0.05) is 17.6 Å². The largest absolute Gasteiger partial charge is 0.458 e. The molecule has 4 aliphatic carbocycles. The zero-order valence-corrected chi connectivity index (χ0v) is 26.0. The molecule has 0 spiro atoms. The van der Waals surface area contributed by atoms with Crippen LogP contribution in [0, 0.1) is 34.5 Å². The second-order valence-corrected chi connectivity index (χ2v) is 24.1. The van der Waals surface area contributed by atoms with Gasteiger partial charge in [0.05, 0.1) is 11.7 Å². The van der Waals surface area contributed by atoms with Crippen LogP contribution >= 0.6 is 0 Å². The standard InChI is InChI=1S/C29H50O5Si2/c1-27-13-11-21(33-35(3,4)5)16-20(27)9-10-23-24(27)17-25(34-36(6,7)8)28(2)22(12-14-29(23,28)31)19-15-26(30)32-18-19/h15,20-25,31H,9-14,16-18H2,1-8H3. The van der Waals surface area contributed by atoms with E-state index in [1.54, 1.807) is 6.08 Å². The third kappa shape index (κ3) is 4.33. The van der Waals surface area contributed by atoms with Gasteiger partial charge in [0.1, 0.15) is 6.61 Å². The first-order valence-corrected chi connectivity index (χ1v) is 21.3. The highest BCUT2D eigenvalue weighted by atomic mass is 28.4. The van der Waals surface area contributed by atoms with Gasteiger partial charge in [-0.1, -0.05) is 13.8 Å². The molecule has 5 aliphatic rings. The molecular weight excluding hydrogens is 484 g/mol. The van der Waals surface area contributed by atoms with Crippen molar-refractivity contribution in [1.29, 1.82) is 0 Å². The highest BCUT2D eigenvalue weighted by Gasteiger charge is 2.71. The molecule has 5 rings (SSSR count). The van der Waals surface area contributed by atoms with Crippen molar-refractivity contribution in [2.24, 2.45) is 34.5 Å². The van der Waals surface area contributed by atoms with Crippen LogP contribution in [-0.4, -0.2) is 52.1 Å². The molecule has 204 valence electrons. The first-order valence-electron chi connectivity index (χ1n) is 14.5. The molecule has 9 atom stereocenters. The fraction of sp³-hybridized carbons (Fsp3) is 0.897. The third-order valence-corrected chi connectivity index (χ3v) is 13.0. The Morgan fingerprint density at radius 1 is 0.917 bits per heavy atom. The van der Waals surface area contributed by atoms with Crippen LogP contribution in [0.15, 0.2) is 11.6 Å². The molecule has 4 fully saturated rings. The number of cyclic esters (lactones) is 1. The molecule has 0 radical (unpaired) electrons. The summed E-state index contributed by atoms with van der Waals surface area (Å²) in [5.74, 6) is 1.34. The minimum Gasteiger partial charge on any atom is -0.458 e. The van der Waals surface area contributed by atoms with Crippen LogP contribution < -0.4 is 0 Å². The first-order chi connectivity index (χ1) is 16.6. The number of esters is 1. The average molecular weight is 535 g/mol. The van der Waals surface area contributed by atoms with Gasteiger partial charge in [-0.3, -0.25) is 0 Å². The number of aliphatic hydroxyl groups is 1. The highest BCUT2D eigenvalue weighted by Crippen LogP contribution is 2.70. The maximum atomic E-state index is 12.8. The molecule has 36 heavy (non-hydrogen) atoms. The molecule has 1 N–H and O–H groups in total. The normalized spacial score (nSPS) is 47.0. The van der Waals surface area contributed by atoms with Crippen molar-refractivity contribution in [2.75, 3.05) is 6.61 Å². The summed E-state index contributed by atoms with van der Waals surface area (Å²) in [5, 5.41) is 12.8. The van der Waals surface area contributed by atoms with Crippen LogP contribution in [-0.2, 0) is 18.4 Å². The molecule has 0 bridgehead atoms. The van der Waals surface area contributed by atoms with E-state index in [0.717, 1.165) is 37.7 Å². The van der Waals surface area contributed by atoms with Crippen LogP contribution in [0.25, 0.3) is 0 Å². The van der Waals surface area contributed by atoms with Crippen LogP contribution in [0.1, 0.15) is 65.2 Å². The molecular formula is C29H50O5Si2. The van der Waals surface area contributed by atoms with Gasteiger partial charge in [-0.25, -0.2) is 4.79 Å². The Bertz CT molecular complexity index is 922. The van der Waals surface area contributed by atoms with Crippen LogP contribution in [0.5, 0.6) is 0 Å². The topological polar surface area (TPSA) is 65.0 Å². The van der Waals surface area contributed by atoms with Crippen molar-refractivity contribution >= 4 is 22.6 Å². The Hall–Kier alpha value is -0.476. The van der Waals surface area contributed by atoms with E-state index >= 15 is 0 Å². The van der Waals surface area contributed by atoms with E-state index in [4.69, 9.17) is 13.6 Å². The summed E-state index contributed by atoms with van der Waals surface area (Å²) in [4.78, 5) is 12.0. The first kappa shape index (κ1) is 27.1. The van der Waals surface area contributed by atoms with Gasteiger partial charge < -0.3 is 18.7 Å². The molecule has 0 aromatic rings. The lowest BCUT2D eigenvalue weighted by molar-refractivity contribution is -0.241. The van der Waals surface area contributed by atoms with E-state index < -0.39 is 27.7 Å². The molecule has 0 saturated heterocycles. The van der Waals surface area contributed by atoms with Gasteiger partial charge in [0.25, 0.3) is 0 Å². The minimum atomic E-state index is -1.87. The molecule has 0 amide bonds. The van der Waals surface area contributed by atoms with Crippen LogP contribution in [0.3, 0.4) is 0 Å². The predicted molar refractivity (Wildman–Crippen MR) is 148 cm³/mol. The summed E-state index contributed by atoms with van der Waals surface area (Å²) < 4.78 is 19.0. The van der Waals surface area contributed by atoms with Crippen molar-refractivity contribution in [1.82, 2.24) is 0 Å². The van der Waals surface area contributed by atoms with Gasteiger partial charge >= 0.3 is 5.97 Å². The Morgan fingerprint density at radius 3 is 2.22 bits per heavy atom. The van der Waals surface area contributed by atoms with E-state index in [1.165, 1.54) is 19.3 Å². The zero-order chi connectivity index (χ0) is 26.3. The maximum absolute atomic E-state index is 12.8. The highest BCUT2D eigenvalue weighted by molar-refractivity contribution is 6.70. The minimum absolute atomic E-state index is 0.00560. The number of carbonyl (C=O) groups excluding carboxylic acids is 1. The molecule has 7 heteroatoms. The predicted octanol–water partition coefficient (Wildman–Crippen LogP) is 6.29. The Balaban J connectivity index is 1.49. The Labute approximate surface area is 221 Å². The number of rotatable bonds is 5. The molecule has 1 heterocycles. The van der Waals surface area contributed by atoms with Crippen molar-refractivity contribution in [3.05, 3.63) is 11.6 Å². The SMILES string of the molecule is CC12CCC(O[Si](C)(C)C)CC1CCC1C2CC(O[Si](C)(C)C)C2(C)C(C3=CC(=O)OC3)CCC12O. The lowest BCUT2D eigenvalue weighted by Gasteiger charge is -2.66. The second-order valence-electron chi connectivity index (χ2n) is 15.2. The fourth-order valence-electron chi connectivity index (χ4n) is 9.53. The van der Waals surface area contributed by atoms with E-state index in [2.05, 4.69) is 53.1 Å². The van der Waals surface area contributed by atoms with Crippen molar-refractivity contribution in [2.45, 2.75) is 122 Å². The number of ether oxygens (including phenoxy) is 1. The van der Waals surface area contributed by atoms with E-state index in [9.17, 15) is 9.90 Å². The summed E-state index contributed by atoms with van der Waals surface area (Å²) >= 11 is 0. The second kappa shape index (κ2) is 8.77.